The Kier molecular flexibility index (Phi) is 2.95. The smallest absolute Gasteiger partial charge is 0.369 e. The molecule has 0 bridgehead atoms. The van der Waals surface area contributed by atoms with Gasteiger partial charge in [-0.05, 0) is 13.3 Å². The molecule has 0 amide bonds. The molecule has 2 fully saturated rings. The van der Waals surface area contributed by atoms with Gasteiger partial charge < -0.3 is 14.4 Å². The van der Waals surface area contributed by atoms with E-state index in [1.807, 2.05) is 0 Å². The van der Waals surface area contributed by atoms with Gasteiger partial charge in [-0.1, -0.05) is 11.3 Å². The molecule has 2 aliphatic heterocycles. The van der Waals surface area contributed by atoms with E-state index in [-0.39, 0.29) is 5.97 Å². The second-order valence-electron chi connectivity index (χ2n) is 4.77. The van der Waals surface area contributed by atoms with E-state index in [0.717, 1.165) is 37.9 Å². The van der Waals surface area contributed by atoms with Gasteiger partial charge in [-0.3, -0.25) is 0 Å². The molecule has 2 saturated heterocycles. The summed E-state index contributed by atoms with van der Waals surface area (Å²) < 4.78 is 10.3. The topological polar surface area (TPSA) is 64.5 Å². The van der Waals surface area contributed by atoms with E-state index in [9.17, 15) is 4.79 Å². The Morgan fingerprint density at radius 3 is 3.06 bits per heavy atom. The van der Waals surface area contributed by atoms with E-state index in [1.165, 1.54) is 11.3 Å². The van der Waals surface area contributed by atoms with Gasteiger partial charge in [0.2, 0.25) is 10.1 Å². The summed E-state index contributed by atoms with van der Waals surface area (Å²) in [7, 11) is 0. The Hall–Kier alpha value is -1.21. The fourth-order valence-electron chi connectivity index (χ4n) is 2.42. The van der Waals surface area contributed by atoms with Crippen LogP contribution in [-0.4, -0.2) is 49.1 Å². The summed E-state index contributed by atoms with van der Waals surface area (Å²) in [5.74, 6) is -0.388. The van der Waals surface area contributed by atoms with Crippen molar-refractivity contribution in [3.63, 3.8) is 0 Å². The number of ether oxygens (including phenoxy) is 2. The Labute approximate surface area is 109 Å². The van der Waals surface area contributed by atoms with Crippen LogP contribution in [0.3, 0.4) is 0 Å². The van der Waals surface area contributed by atoms with Gasteiger partial charge in [0.25, 0.3) is 0 Å². The molecule has 0 aliphatic carbocycles. The number of anilines is 1. The molecule has 0 radical (unpaired) electrons. The molecule has 0 unspecified atom stereocenters. The highest BCUT2D eigenvalue weighted by atomic mass is 32.1. The van der Waals surface area contributed by atoms with Crippen molar-refractivity contribution in [2.45, 2.75) is 13.3 Å². The van der Waals surface area contributed by atoms with Crippen LogP contribution in [0.15, 0.2) is 0 Å². The predicted molar refractivity (Wildman–Crippen MR) is 65.9 cm³/mol. The number of carbonyl (C=O) groups is 1. The van der Waals surface area contributed by atoms with Crippen LogP contribution in [0.4, 0.5) is 5.13 Å². The van der Waals surface area contributed by atoms with Crippen LogP contribution in [0.5, 0.6) is 0 Å². The minimum absolute atomic E-state index is 0.315. The van der Waals surface area contributed by atoms with Crippen molar-refractivity contribution in [1.29, 1.82) is 0 Å². The summed E-state index contributed by atoms with van der Waals surface area (Å²) in [4.78, 5) is 13.6. The van der Waals surface area contributed by atoms with Gasteiger partial charge in [0.05, 0.1) is 13.2 Å². The van der Waals surface area contributed by atoms with Crippen LogP contribution in [0.1, 0.15) is 23.1 Å². The summed E-state index contributed by atoms with van der Waals surface area (Å²) in [5.41, 5.74) is 0.315. The van der Waals surface area contributed by atoms with E-state index >= 15 is 0 Å². The fraction of sp³-hybridized carbons (Fsp3) is 0.727. The normalized spacial score (nSPS) is 21.1. The molecule has 2 aliphatic rings. The maximum Gasteiger partial charge on any atom is 0.369 e. The largest absolute Gasteiger partial charge is 0.461 e. The summed E-state index contributed by atoms with van der Waals surface area (Å²) in [5, 5.41) is 9.05. The third-order valence-corrected chi connectivity index (χ3v) is 4.34. The molecule has 0 atom stereocenters. The quantitative estimate of drug-likeness (QED) is 0.761. The number of carbonyl (C=O) groups excluding carboxylic acids is 1. The molecule has 1 spiro atoms. The third-order valence-electron chi connectivity index (χ3n) is 3.37. The Morgan fingerprint density at radius 2 is 2.39 bits per heavy atom. The van der Waals surface area contributed by atoms with Crippen molar-refractivity contribution < 1.29 is 14.3 Å². The van der Waals surface area contributed by atoms with Gasteiger partial charge in [0.1, 0.15) is 0 Å². The van der Waals surface area contributed by atoms with Gasteiger partial charge >= 0.3 is 5.97 Å². The lowest BCUT2D eigenvalue weighted by Crippen LogP contribution is -2.56. The zero-order chi connectivity index (χ0) is 12.6. The third kappa shape index (κ3) is 1.97. The van der Waals surface area contributed by atoms with Crippen molar-refractivity contribution in [1.82, 2.24) is 10.2 Å². The molecule has 1 aromatic rings. The average Bonchev–Trinajstić information content (AvgIpc) is 2.96. The molecule has 6 nitrogen and oxygen atoms in total. The number of nitrogens with zero attached hydrogens (tertiary/aromatic N) is 3. The van der Waals surface area contributed by atoms with Crippen LogP contribution >= 0.6 is 11.3 Å². The summed E-state index contributed by atoms with van der Waals surface area (Å²) >= 11 is 1.30. The summed E-state index contributed by atoms with van der Waals surface area (Å²) in [6.07, 6.45) is 1.12. The number of hydrogen-bond acceptors (Lipinski definition) is 7. The van der Waals surface area contributed by atoms with Crippen LogP contribution in [0.25, 0.3) is 0 Å². The van der Waals surface area contributed by atoms with Crippen molar-refractivity contribution in [2.75, 3.05) is 37.8 Å². The molecule has 18 heavy (non-hydrogen) atoms. The van der Waals surface area contributed by atoms with Gasteiger partial charge in [0.15, 0.2) is 0 Å². The summed E-state index contributed by atoms with van der Waals surface area (Å²) in [6, 6.07) is 0. The van der Waals surface area contributed by atoms with Crippen LogP contribution in [0.2, 0.25) is 0 Å². The zero-order valence-electron chi connectivity index (χ0n) is 10.2. The minimum Gasteiger partial charge on any atom is -0.461 e. The van der Waals surface area contributed by atoms with Crippen molar-refractivity contribution >= 4 is 22.4 Å². The highest BCUT2D eigenvalue weighted by Crippen LogP contribution is 2.41. The molecule has 0 aromatic carbocycles. The fourth-order valence-corrected chi connectivity index (χ4v) is 3.15. The first-order valence-electron chi connectivity index (χ1n) is 6.06. The highest BCUT2D eigenvalue weighted by molar-refractivity contribution is 7.17. The Bertz CT molecular complexity index is 448. The van der Waals surface area contributed by atoms with Crippen LogP contribution < -0.4 is 4.90 Å². The second-order valence-corrected chi connectivity index (χ2v) is 5.72. The molecule has 3 rings (SSSR count). The van der Waals surface area contributed by atoms with Gasteiger partial charge in [-0.15, -0.1) is 10.2 Å². The van der Waals surface area contributed by atoms with Crippen LogP contribution in [-0.2, 0) is 9.47 Å². The average molecular weight is 269 g/mol. The summed E-state index contributed by atoms with van der Waals surface area (Å²) in [6.45, 7) is 5.73. The zero-order valence-corrected chi connectivity index (χ0v) is 11.0. The molecule has 98 valence electrons. The first-order valence-corrected chi connectivity index (χ1v) is 6.87. The SMILES string of the molecule is CCOC(=O)c1nnc(N2CC3(CCOC3)C2)s1. The molecular weight excluding hydrogens is 254 g/mol. The lowest BCUT2D eigenvalue weighted by Gasteiger charge is -2.46. The van der Waals surface area contributed by atoms with E-state index in [2.05, 4.69) is 15.1 Å². The monoisotopic (exact) mass is 269 g/mol. The molecule has 0 saturated carbocycles. The van der Waals surface area contributed by atoms with Crippen molar-refractivity contribution in [3.8, 4) is 0 Å². The molecule has 3 heterocycles. The maximum absolute atomic E-state index is 11.5. The molecule has 1 aromatic heterocycles. The van der Waals surface area contributed by atoms with Crippen molar-refractivity contribution in [3.05, 3.63) is 5.01 Å². The lowest BCUT2D eigenvalue weighted by molar-refractivity contribution is 0.0525. The standard InChI is InChI=1S/C11H15N3O3S/c1-2-17-9(15)8-12-13-10(18-8)14-5-11(6-14)3-4-16-7-11/h2-7H2,1H3. The molecule has 7 heteroatoms. The number of aromatic nitrogens is 2. The Morgan fingerprint density at radius 1 is 1.56 bits per heavy atom. The Balaban J connectivity index is 1.63. The van der Waals surface area contributed by atoms with E-state index < -0.39 is 0 Å². The predicted octanol–water partition coefficient (Wildman–Crippen LogP) is 0.942. The number of hydrogen-bond donors (Lipinski definition) is 0. The molecule has 0 N–H and O–H groups in total. The maximum atomic E-state index is 11.5. The minimum atomic E-state index is -0.388. The van der Waals surface area contributed by atoms with Crippen LogP contribution in [0, 0.1) is 5.41 Å². The highest BCUT2D eigenvalue weighted by Gasteiger charge is 2.47. The first-order chi connectivity index (χ1) is 8.72. The lowest BCUT2D eigenvalue weighted by atomic mass is 9.80. The van der Waals surface area contributed by atoms with Gasteiger partial charge in [-0.25, -0.2) is 4.79 Å². The number of rotatable bonds is 3. The van der Waals surface area contributed by atoms with E-state index in [0.29, 0.717) is 17.0 Å². The second kappa shape index (κ2) is 4.47. The van der Waals surface area contributed by atoms with Crippen molar-refractivity contribution in [2.24, 2.45) is 5.41 Å². The van der Waals surface area contributed by atoms with Gasteiger partial charge in [-0.2, -0.15) is 0 Å². The number of esters is 1. The molecular formula is C11H15N3O3S. The van der Waals surface area contributed by atoms with E-state index in [1.54, 1.807) is 6.92 Å². The van der Waals surface area contributed by atoms with E-state index in [4.69, 9.17) is 9.47 Å². The first kappa shape index (κ1) is 11.9. The van der Waals surface area contributed by atoms with Gasteiger partial charge in [0, 0.05) is 25.1 Å².